The molecule has 0 fully saturated rings. The van der Waals surface area contributed by atoms with Gasteiger partial charge in [-0.25, -0.2) is 4.57 Å². The van der Waals surface area contributed by atoms with Crippen LogP contribution in [0.2, 0.25) is 0 Å². The topological polar surface area (TPSA) is 155 Å². The van der Waals surface area contributed by atoms with Crippen molar-refractivity contribution in [3.63, 3.8) is 0 Å². The van der Waals surface area contributed by atoms with E-state index in [2.05, 4.69) is 4.98 Å². The highest BCUT2D eigenvalue weighted by molar-refractivity contribution is 7.54. The smallest absolute Gasteiger partial charge is 0.432 e. The summed E-state index contributed by atoms with van der Waals surface area (Å²) < 4.78 is 23.5. The number of nitrogens with zero attached hydrogens (tertiary/aromatic N) is 2. The standard InChI is InChI=1S/C14H14N3O7P/c15-13(14(18)19)9-25(22,24-12-2-1-7-16-8-12)23-11-5-3-10(4-6-11)17(20)21/h1-8,13H,9,15H2,(H,18,19)/t13-,25?/m0/s1. The Hall–Kier alpha value is -2.97. The highest BCUT2D eigenvalue weighted by Crippen LogP contribution is 2.48. The molecule has 0 radical (unpaired) electrons. The van der Waals surface area contributed by atoms with Crippen molar-refractivity contribution in [2.24, 2.45) is 5.73 Å². The van der Waals surface area contributed by atoms with Gasteiger partial charge in [0.2, 0.25) is 0 Å². The van der Waals surface area contributed by atoms with Gasteiger partial charge < -0.3 is 19.9 Å². The van der Waals surface area contributed by atoms with Crippen molar-refractivity contribution < 1.29 is 28.4 Å². The van der Waals surface area contributed by atoms with Gasteiger partial charge in [-0.2, -0.15) is 0 Å². The van der Waals surface area contributed by atoms with Crippen LogP contribution in [0.5, 0.6) is 11.5 Å². The van der Waals surface area contributed by atoms with E-state index in [0.717, 1.165) is 12.1 Å². The maximum absolute atomic E-state index is 12.9. The van der Waals surface area contributed by atoms with Crippen molar-refractivity contribution in [2.75, 3.05) is 6.16 Å². The molecule has 0 saturated heterocycles. The molecule has 3 N–H and O–H groups in total. The van der Waals surface area contributed by atoms with Gasteiger partial charge in [0.25, 0.3) is 5.69 Å². The molecule has 10 nitrogen and oxygen atoms in total. The molecule has 0 aliphatic carbocycles. The van der Waals surface area contributed by atoms with Crippen LogP contribution in [-0.2, 0) is 9.36 Å². The van der Waals surface area contributed by atoms with Crippen LogP contribution in [0.25, 0.3) is 0 Å². The van der Waals surface area contributed by atoms with E-state index in [1.54, 1.807) is 0 Å². The number of hydrogen-bond donors (Lipinski definition) is 2. The largest absolute Gasteiger partial charge is 0.480 e. The first-order valence-corrected chi connectivity index (χ1v) is 8.63. The number of rotatable bonds is 8. The molecule has 2 aromatic rings. The number of nitro groups is 1. The number of carboxylic acid groups (broad SMARTS) is 1. The van der Waals surface area contributed by atoms with Gasteiger partial charge in [0.05, 0.1) is 17.3 Å². The second-order valence-corrected chi connectivity index (χ2v) is 6.81. The summed E-state index contributed by atoms with van der Waals surface area (Å²) in [5.41, 5.74) is 5.25. The van der Waals surface area contributed by atoms with Crippen molar-refractivity contribution in [3.05, 3.63) is 58.9 Å². The highest BCUT2D eigenvalue weighted by Gasteiger charge is 2.34. The lowest BCUT2D eigenvalue weighted by Crippen LogP contribution is -2.35. The van der Waals surface area contributed by atoms with E-state index in [1.807, 2.05) is 0 Å². The van der Waals surface area contributed by atoms with Gasteiger partial charge in [-0.15, -0.1) is 0 Å². The number of carbonyl (C=O) groups is 1. The fraction of sp³-hybridized carbons (Fsp3) is 0.143. The zero-order valence-corrected chi connectivity index (χ0v) is 13.6. The Morgan fingerprint density at radius 1 is 1.28 bits per heavy atom. The third-order valence-electron chi connectivity index (χ3n) is 2.91. The number of non-ortho nitro benzene ring substituents is 1. The second-order valence-electron chi connectivity index (χ2n) is 4.86. The van der Waals surface area contributed by atoms with E-state index in [-0.39, 0.29) is 17.2 Å². The first-order chi connectivity index (χ1) is 11.8. The molecule has 25 heavy (non-hydrogen) atoms. The summed E-state index contributed by atoms with van der Waals surface area (Å²) in [4.78, 5) is 24.8. The third-order valence-corrected chi connectivity index (χ3v) is 4.73. The lowest BCUT2D eigenvalue weighted by Gasteiger charge is -2.21. The molecule has 0 saturated carbocycles. The van der Waals surface area contributed by atoms with Crippen LogP contribution in [0.3, 0.4) is 0 Å². The average Bonchev–Trinajstić information content (AvgIpc) is 2.55. The monoisotopic (exact) mass is 367 g/mol. The minimum Gasteiger partial charge on any atom is -0.480 e. The number of hydrogen-bond acceptors (Lipinski definition) is 8. The predicted molar refractivity (Wildman–Crippen MR) is 86.7 cm³/mol. The van der Waals surface area contributed by atoms with Crippen LogP contribution < -0.4 is 14.8 Å². The van der Waals surface area contributed by atoms with Crippen molar-refractivity contribution in [3.8, 4) is 11.5 Å². The summed E-state index contributed by atoms with van der Waals surface area (Å²) in [7, 11) is -4.03. The van der Waals surface area contributed by atoms with Crippen molar-refractivity contribution in [1.82, 2.24) is 4.98 Å². The molecule has 2 atom stereocenters. The number of aliphatic carboxylic acids is 1. The summed E-state index contributed by atoms with van der Waals surface area (Å²) in [6.45, 7) is 0. The van der Waals surface area contributed by atoms with E-state index < -0.39 is 30.7 Å². The van der Waals surface area contributed by atoms with Crippen molar-refractivity contribution >= 4 is 19.3 Å². The van der Waals surface area contributed by atoms with Gasteiger partial charge in [0.15, 0.2) is 0 Å². The number of pyridine rings is 1. The summed E-state index contributed by atoms with van der Waals surface area (Å²) in [6.07, 6.45) is 2.14. The lowest BCUT2D eigenvalue weighted by molar-refractivity contribution is -0.384. The molecule has 1 aromatic heterocycles. The summed E-state index contributed by atoms with van der Waals surface area (Å²) in [5, 5.41) is 19.6. The van der Waals surface area contributed by atoms with Crippen molar-refractivity contribution in [1.29, 1.82) is 0 Å². The van der Waals surface area contributed by atoms with Gasteiger partial charge in [-0.3, -0.25) is 19.9 Å². The van der Waals surface area contributed by atoms with E-state index in [9.17, 15) is 19.5 Å². The number of nitro benzene ring substituents is 1. The molecule has 0 aliphatic heterocycles. The minimum absolute atomic E-state index is 0.00964. The Balaban J connectivity index is 2.25. The van der Waals surface area contributed by atoms with E-state index in [4.69, 9.17) is 19.9 Å². The first kappa shape index (κ1) is 18.4. The molecule has 0 amide bonds. The van der Waals surface area contributed by atoms with Gasteiger partial charge in [-0.1, -0.05) is 0 Å². The maximum atomic E-state index is 12.9. The fourth-order valence-corrected chi connectivity index (χ4v) is 3.46. The molecule has 0 aliphatic rings. The zero-order chi connectivity index (χ0) is 18.4. The summed E-state index contributed by atoms with van der Waals surface area (Å²) >= 11 is 0. The molecule has 132 valence electrons. The molecule has 0 bridgehead atoms. The number of carboxylic acids is 1. The molecule has 11 heteroatoms. The molecular formula is C14H14N3O7P. The molecule has 1 aromatic carbocycles. The molecular weight excluding hydrogens is 353 g/mol. The Morgan fingerprint density at radius 2 is 1.92 bits per heavy atom. The van der Waals surface area contributed by atoms with Gasteiger partial charge in [0.1, 0.15) is 17.5 Å². The van der Waals surface area contributed by atoms with Crippen LogP contribution >= 0.6 is 7.60 Å². The molecule has 1 unspecified atom stereocenters. The van der Waals surface area contributed by atoms with E-state index in [1.165, 1.54) is 36.7 Å². The van der Waals surface area contributed by atoms with E-state index in [0.29, 0.717) is 0 Å². The summed E-state index contributed by atoms with van der Waals surface area (Å²) in [6, 6.07) is 6.27. The van der Waals surface area contributed by atoms with Crippen molar-refractivity contribution in [2.45, 2.75) is 6.04 Å². The van der Waals surface area contributed by atoms with Crippen LogP contribution in [0.4, 0.5) is 5.69 Å². The van der Waals surface area contributed by atoms with E-state index >= 15 is 0 Å². The predicted octanol–water partition coefficient (Wildman–Crippen LogP) is 2.05. The lowest BCUT2D eigenvalue weighted by atomic mass is 10.3. The molecule has 2 rings (SSSR count). The molecule has 0 spiro atoms. The van der Waals surface area contributed by atoms with Gasteiger partial charge in [0, 0.05) is 18.3 Å². The normalized spacial score (nSPS) is 14.1. The Kier molecular flexibility index (Phi) is 5.68. The Labute approximate surface area is 141 Å². The van der Waals surface area contributed by atoms with Crippen LogP contribution in [-0.4, -0.2) is 33.2 Å². The minimum atomic E-state index is -4.03. The van der Waals surface area contributed by atoms with Gasteiger partial charge >= 0.3 is 13.6 Å². The fourth-order valence-electron chi connectivity index (χ4n) is 1.76. The highest BCUT2D eigenvalue weighted by atomic mass is 31.2. The van der Waals surface area contributed by atoms with Crippen LogP contribution in [0, 0.1) is 10.1 Å². The average molecular weight is 367 g/mol. The van der Waals surface area contributed by atoms with Gasteiger partial charge in [-0.05, 0) is 24.3 Å². The maximum Gasteiger partial charge on any atom is 0.432 e. The van der Waals surface area contributed by atoms with Crippen LogP contribution in [0.15, 0.2) is 48.8 Å². The SMILES string of the molecule is N[C@@H](CP(=O)(Oc1ccc([N+](=O)[O-])cc1)Oc1cccnc1)C(=O)O. The number of nitrogens with two attached hydrogens (primary N) is 1. The number of benzene rings is 1. The summed E-state index contributed by atoms with van der Waals surface area (Å²) in [5.74, 6) is -1.26. The molecule has 1 heterocycles. The zero-order valence-electron chi connectivity index (χ0n) is 12.7. The van der Waals surface area contributed by atoms with Crippen LogP contribution in [0.1, 0.15) is 0 Å². The number of aromatic nitrogens is 1. The Bertz CT molecular complexity index is 798. The Morgan fingerprint density at radius 3 is 2.44 bits per heavy atom. The first-order valence-electron chi connectivity index (χ1n) is 6.90. The third kappa shape index (κ3) is 5.27. The second kappa shape index (κ2) is 7.73. The quantitative estimate of drug-likeness (QED) is 0.405.